The summed E-state index contributed by atoms with van der Waals surface area (Å²) in [6.07, 6.45) is -2.03. The Labute approximate surface area is 207 Å². The summed E-state index contributed by atoms with van der Waals surface area (Å²) in [5.74, 6) is -2.33. The maximum Gasteiger partial charge on any atom is 0.328 e. The van der Waals surface area contributed by atoms with Gasteiger partial charge in [-0.2, -0.15) is 0 Å². The summed E-state index contributed by atoms with van der Waals surface area (Å²) < 4.78 is 4.76. The van der Waals surface area contributed by atoms with Crippen LogP contribution in [0.5, 0.6) is 0 Å². The smallest absolute Gasteiger partial charge is 0.328 e. The van der Waals surface area contributed by atoms with Gasteiger partial charge in [0, 0.05) is 23.6 Å². The second-order valence-corrected chi connectivity index (χ2v) is 7.85. The van der Waals surface area contributed by atoms with Crippen molar-refractivity contribution in [3.8, 4) is 0 Å². The molecular formula is C26H25N3O7. The van der Waals surface area contributed by atoms with E-state index in [-0.39, 0.29) is 17.7 Å². The minimum Gasteiger partial charge on any atom is -0.467 e. The Kier molecular flexibility index (Phi) is 8.84. The van der Waals surface area contributed by atoms with Crippen LogP contribution >= 0.6 is 0 Å². The zero-order valence-corrected chi connectivity index (χ0v) is 19.4. The number of hydrogen-bond acceptors (Lipinski definition) is 7. The van der Waals surface area contributed by atoms with Gasteiger partial charge in [-0.25, -0.2) is 4.79 Å². The maximum atomic E-state index is 13.1. The number of esters is 1. The quantitative estimate of drug-likeness (QED) is 0.224. The molecule has 2 amide bonds. The molecule has 0 bridgehead atoms. The van der Waals surface area contributed by atoms with Crippen molar-refractivity contribution in [1.82, 2.24) is 10.6 Å². The molecule has 36 heavy (non-hydrogen) atoms. The van der Waals surface area contributed by atoms with Crippen LogP contribution in [0.3, 0.4) is 0 Å². The standard InChI is InChI=1S/C26H25N3O7/c1-36-26(33)20(16-19-14-8-9-15-21(19)29(34)35)27-25(32)23(30)22(17-10-4-2-5-11-17)28-24(31)18-12-6-3-7-13-18/h2-15,20,22-23,30H,16H2,1H3,(H,27,32)(H,28,31)/t20-,22-,23+/m0/s1. The molecule has 0 fully saturated rings. The zero-order valence-electron chi connectivity index (χ0n) is 19.4. The Bertz CT molecular complexity index is 1220. The summed E-state index contributed by atoms with van der Waals surface area (Å²) >= 11 is 0. The van der Waals surface area contributed by atoms with Gasteiger partial charge in [-0.15, -0.1) is 0 Å². The summed E-state index contributed by atoms with van der Waals surface area (Å²) in [7, 11) is 1.12. The van der Waals surface area contributed by atoms with Crippen molar-refractivity contribution in [2.75, 3.05) is 7.11 Å². The summed E-state index contributed by atoms with van der Waals surface area (Å²) in [6, 6.07) is 20.0. The molecule has 186 valence electrons. The van der Waals surface area contributed by atoms with Gasteiger partial charge in [0.25, 0.3) is 17.5 Å². The summed E-state index contributed by atoms with van der Waals surface area (Å²) in [5.41, 5.74) is 0.760. The highest BCUT2D eigenvalue weighted by atomic mass is 16.6. The number of aliphatic hydroxyl groups is 1. The van der Waals surface area contributed by atoms with Gasteiger partial charge < -0.3 is 20.5 Å². The van der Waals surface area contributed by atoms with E-state index in [0.29, 0.717) is 11.1 Å². The van der Waals surface area contributed by atoms with Gasteiger partial charge in [-0.05, 0) is 17.7 Å². The largest absolute Gasteiger partial charge is 0.467 e. The number of amides is 2. The summed E-state index contributed by atoms with van der Waals surface area (Å²) in [5, 5.41) is 27.4. The van der Waals surface area contributed by atoms with Crippen LogP contribution < -0.4 is 10.6 Å². The van der Waals surface area contributed by atoms with E-state index >= 15 is 0 Å². The molecule has 0 aromatic heterocycles. The molecule has 0 radical (unpaired) electrons. The van der Waals surface area contributed by atoms with E-state index in [2.05, 4.69) is 10.6 Å². The van der Waals surface area contributed by atoms with Crippen molar-refractivity contribution in [1.29, 1.82) is 0 Å². The molecule has 3 N–H and O–H groups in total. The summed E-state index contributed by atoms with van der Waals surface area (Å²) in [6.45, 7) is 0. The van der Waals surface area contributed by atoms with Gasteiger partial charge >= 0.3 is 5.97 Å². The fourth-order valence-corrected chi connectivity index (χ4v) is 3.64. The lowest BCUT2D eigenvalue weighted by molar-refractivity contribution is -0.385. The molecule has 0 saturated carbocycles. The Balaban J connectivity index is 1.84. The zero-order chi connectivity index (χ0) is 26.1. The van der Waals surface area contributed by atoms with Gasteiger partial charge in [0.1, 0.15) is 6.04 Å². The molecule has 10 nitrogen and oxygen atoms in total. The number of hydrogen-bond donors (Lipinski definition) is 3. The van der Waals surface area contributed by atoms with E-state index in [1.807, 2.05) is 0 Å². The number of aliphatic hydroxyl groups excluding tert-OH is 1. The average molecular weight is 492 g/mol. The first-order chi connectivity index (χ1) is 17.3. The van der Waals surface area contributed by atoms with Crippen LogP contribution in [0.4, 0.5) is 5.69 Å². The first-order valence-corrected chi connectivity index (χ1v) is 11.0. The second-order valence-electron chi connectivity index (χ2n) is 7.85. The van der Waals surface area contributed by atoms with Crippen LogP contribution in [0.2, 0.25) is 0 Å². The predicted octanol–water partition coefficient (Wildman–Crippen LogP) is 2.33. The molecule has 3 aromatic rings. The molecule has 0 aliphatic heterocycles. The topological polar surface area (TPSA) is 148 Å². The van der Waals surface area contributed by atoms with Crippen LogP contribution in [0.15, 0.2) is 84.9 Å². The Hall–Kier alpha value is -4.57. The molecule has 0 saturated heterocycles. The maximum absolute atomic E-state index is 13.1. The number of benzene rings is 3. The van der Waals surface area contributed by atoms with Gasteiger partial charge in [-0.1, -0.05) is 66.7 Å². The predicted molar refractivity (Wildman–Crippen MR) is 130 cm³/mol. The third-order valence-electron chi connectivity index (χ3n) is 5.48. The lowest BCUT2D eigenvalue weighted by Crippen LogP contribution is -2.51. The fourth-order valence-electron chi connectivity index (χ4n) is 3.64. The number of nitro benzene ring substituents is 1. The van der Waals surface area contributed by atoms with Crippen molar-refractivity contribution < 1.29 is 29.2 Å². The third kappa shape index (κ3) is 6.51. The third-order valence-corrected chi connectivity index (χ3v) is 5.48. The number of rotatable bonds is 10. The molecule has 0 spiro atoms. The SMILES string of the molecule is COC(=O)[C@H](Cc1ccccc1[N+](=O)[O-])NC(=O)[C@H](O)[C@@H](NC(=O)c1ccccc1)c1ccccc1. The minimum atomic E-state index is -1.79. The molecule has 3 rings (SSSR count). The van der Waals surface area contributed by atoms with Crippen LogP contribution in [0, 0.1) is 10.1 Å². The Morgan fingerprint density at radius 2 is 1.50 bits per heavy atom. The Morgan fingerprint density at radius 1 is 0.917 bits per heavy atom. The number of nitrogens with one attached hydrogen (secondary N) is 2. The van der Waals surface area contributed by atoms with Gasteiger partial charge in [0.2, 0.25) is 0 Å². The molecular weight excluding hydrogens is 466 g/mol. The van der Waals surface area contributed by atoms with E-state index in [9.17, 15) is 29.6 Å². The van der Waals surface area contributed by atoms with E-state index in [1.54, 1.807) is 66.7 Å². The number of carbonyl (C=O) groups excluding carboxylic acids is 3. The highest BCUT2D eigenvalue weighted by Crippen LogP contribution is 2.21. The number of carbonyl (C=O) groups is 3. The lowest BCUT2D eigenvalue weighted by Gasteiger charge is -2.26. The normalized spacial score (nSPS) is 13.1. The van der Waals surface area contributed by atoms with E-state index in [1.165, 1.54) is 18.2 Å². The molecule has 3 aromatic carbocycles. The van der Waals surface area contributed by atoms with Crippen molar-refractivity contribution in [2.24, 2.45) is 0 Å². The number of methoxy groups -OCH3 is 1. The number of para-hydroxylation sites is 1. The van der Waals surface area contributed by atoms with E-state index < -0.39 is 40.9 Å². The highest BCUT2D eigenvalue weighted by molar-refractivity contribution is 5.95. The average Bonchev–Trinajstić information content (AvgIpc) is 2.91. The highest BCUT2D eigenvalue weighted by Gasteiger charge is 2.33. The van der Waals surface area contributed by atoms with Crippen molar-refractivity contribution in [3.05, 3.63) is 112 Å². The molecule has 3 atom stereocenters. The van der Waals surface area contributed by atoms with Crippen LogP contribution in [0.25, 0.3) is 0 Å². The molecule has 0 unspecified atom stereocenters. The van der Waals surface area contributed by atoms with Gasteiger partial charge in [-0.3, -0.25) is 19.7 Å². The second kappa shape index (κ2) is 12.2. The first-order valence-electron chi connectivity index (χ1n) is 11.0. The number of ether oxygens (including phenoxy) is 1. The van der Waals surface area contributed by atoms with E-state index in [4.69, 9.17) is 4.74 Å². The van der Waals surface area contributed by atoms with Gasteiger partial charge in [0.15, 0.2) is 6.10 Å². The molecule has 10 heteroatoms. The van der Waals surface area contributed by atoms with Crippen molar-refractivity contribution in [2.45, 2.75) is 24.6 Å². The number of nitrogens with zero attached hydrogens (tertiary/aromatic N) is 1. The monoisotopic (exact) mass is 491 g/mol. The van der Waals surface area contributed by atoms with Gasteiger partial charge in [0.05, 0.1) is 18.1 Å². The summed E-state index contributed by atoms with van der Waals surface area (Å²) in [4.78, 5) is 49.0. The first kappa shape index (κ1) is 26.0. The molecule has 0 heterocycles. The Morgan fingerprint density at radius 3 is 2.11 bits per heavy atom. The molecule has 0 aliphatic carbocycles. The van der Waals surface area contributed by atoms with Crippen molar-refractivity contribution in [3.63, 3.8) is 0 Å². The lowest BCUT2D eigenvalue weighted by atomic mass is 9.99. The molecule has 0 aliphatic rings. The minimum absolute atomic E-state index is 0.199. The van der Waals surface area contributed by atoms with E-state index in [0.717, 1.165) is 7.11 Å². The van der Waals surface area contributed by atoms with Crippen LogP contribution in [0.1, 0.15) is 27.5 Å². The van der Waals surface area contributed by atoms with Crippen LogP contribution in [-0.4, -0.2) is 47.1 Å². The fraction of sp³-hybridized carbons (Fsp3) is 0.192. The number of nitro groups is 1. The van der Waals surface area contributed by atoms with Crippen LogP contribution in [-0.2, 0) is 20.7 Å². The van der Waals surface area contributed by atoms with Crippen molar-refractivity contribution >= 4 is 23.5 Å².